The van der Waals surface area contributed by atoms with Crippen LogP contribution >= 0.6 is 0 Å². The van der Waals surface area contributed by atoms with Gasteiger partial charge >= 0.3 is 0 Å². The molecule has 1 aliphatic rings. The fourth-order valence-corrected chi connectivity index (χ4v) is 3.09. The fourth-order valence-electron chi connectivity index (χ4n) is 3.09. The Balaban J connectivity index is 1.51. The van der Waals surface area contributed by atoms with E-state index in [2.05, 4.69) is 0 Å². The molecule has 0 unspecified atom stereocenters. The van der Waals surface area contributed by atoms with Crippen molar-refractivity contribution < 1.29 is 19.1 Å². The molecule has 2 amide bonds. The van der Waals surface area contributed by atoms with Crippen LogP contribution in [0.25, 0.3) is 0 Å². The second-order valence-electron chi connectivity index (χ2n) is 6.32. The molecule has 2 aromatic carbocycles. The van der Waals surface area contributed by atoms with Crippen molar-refractivity contribution >= 4 is 11.8 Å². The number of aryl methyl sites for hydroxylation is 1. The zero-order chi connectivity index (χ0) is 18.5. The number of para-hydroxylation sites is 1. The lowest BCUT2D eigenvalue weighted by molar-refractivity contribution is -0.132. The van der Waals surface area contributed by atoms with E-state index in [1.165, 1.54) is 18.2 Å². The Bertz CT molecular complexity index is 801. The maximum Gasteiger partial charge on any atom is 0.257 e. The van der Waals surface area contributed by atoms with Gasteiger partial charge in [0.25, 0.3) is 5.91 Å². The molecule has 136 valence electrons. The number of carbonyl (C=O) groups is 2. The van der Waals surface area contributed by atoms with Crippen LogP contribution in [0.2, 0.25) is 0 Å². The van der Waals surface area contributed by atoms with Crippen LogP contribution in [0.5, 0.6) is 5.75 Å². The zero-order valence-corrected chi connectivity index (χ0v) is 14.4. The lowest BCUT2D eigenvalue weighted by atomic mass is 10.1. The van der Waals surface area contributed by atoms with Gasteiger partial charge in [0.05, 0.1) is 5.56 Å². The van der Waals surface area contributed by atoms with Crippen molar-refractivity contribution in [2.24, 2.45) is 0 Å². The summed E-state index contributed by atoms with van der Waals surface area (Å²) in [5.41, 5.74) is 1.07. The van der Waals surface area contributed by atoms with Crippen LogP contribution < -0.4 is 0 Å². The van der Waals surface area contributed by atoms with E-state index in [9.17, 15) is 19.1 Å². The highest BCUT2D eigenvalue weighted by atomic mass is 19.1. The topological polar surface area (TPSA) is 60.9 Å². The van der Waals surface area contributed by atoms with Gasteiger partial charge in [-0.3, -0.25) is 9.59 Å². The van der Waals surface area contributed by atoms with E-state index in [1.54, 1.807) is 40.1 Å². The van der Waals surface area contributed by atoms with E-state index in [0.29, 0.717) is 39.0 Å². The molecule has 0 atom stereocenters. The van der Waals surface area contributed by atoms with Crippen molar-refractivity contribution in [3.8, 4) is 5.75 Å². The van der Waals surface area contributed by atoms with E-state index in [-0.39, 0.29) is 28.9 Å². The van der Waals surface area contributed by atoms with E-state index < -0.39 is 0 Å². The van der Waals surface area contributed by atoms with Crippen LogP contribution in [0.15, 0.2) is 48.5 Å². The fraction of sp³-hybridized carbons (Fsp3) is 0.300. The molecule has 0 aliphatic carbocycles. The highest BCUT2D eigenvalue weighted by Crippen LogP contribution is 2.19. The summed E-state index contributed by atoms with van der Waals surface area (Å²) < 4.78 is 13.2. The van der Waals surface area contributed by atoms with Gasteiger partial charge in [-0.05, 0) is 36.2 Å². The number of hydrogen-bond donors (Lipinski definition) is 1. The molecule has 2 aromatic rings. The molecule has 0 spiro atoms. The Morgan fingerprint density at radius 1 is 0.962 bits per heavy atom. The Hall–Kier alpha value is -2.89. The number of hydrogen-bond acceptors (Lipinski definition) is 3. The van der Waals surface area contributed by atoms with Gasteiger partial charge in [-0.25, -0.2) is 4.39 Å². The van der Waals surface area contributed by atoms with Crippen molar-refractivity contribution in [1.29, 1.82) is 0 Å². The van der Waals surface area contributed by atoms with E-state index >= 15 is 0 Å². The standard InChI is InChI=1S/C20H21FN2O3/c21-16-5-3-4-15(14-16)8-9-19(25)22-10-12-23(13-11-22)20(26)17-6-1-2-7-18(17)24/h1-7,14,24H,8-13H2. The first-order valence-electron chi connectivity index (χ1n) is 8.64. The molecule has 1 fully saturated rings. The normalized spacial score (nSPS) is 14.3. The quantitative estimate of drug-likeness (QED) is 0.915. The number of piperazine rings is 1. The van der Waals surface area contributed by atoms with Crippen LogP contribution in [0.1, 0.15) is 22.3 Å². The zero-order valence-electron chi connectivity index (χ0n) is 14.4. The summed E-state index contributed by atoms with van der Waals surface area (Å²) in [6.07, 6.45) is 0.810. The number of phenols is 1. The molecule has 3 rings (SSSR count). The summed E-state index contributed by atoms with van der Waals surface area (Å²) in [5.74, 6) is -0.559. The average Bonchev–Trinajstić information content (AvgIpc) is 2.66. The van der Waals surface area contributed by atoms with Gasteiger partial charge in [-0.1, -0.05) is 24.3 Å². The number of nitrogens with zero attached hydrogens (tertiary/aromatic N) is 2. The first kappa shape index (κ1) is 17.9. The van der Waals surface area contributed by atoms with E-state index in [1.807, 2.05) is 0 Å². The minimum atomic E-state index is -0.300. The molecule has 1 aliphatic heterocycles. The van der Waals surface area contributed by atoms with Gasteiger partial charge in [0.2, 0.25) is 5.91 Å². The summed E-state index contributed by atoms with van der Waals surface area (Å²) >= 11 is 0. The van der Waals surface area contributed by atoms with Crippen molar-refractivity contribution in [2.45, 2.75) is 12.8 Å². The van der Waals surface area contributed by atoms with Gasteiger partial charge in [-0.15, -0.1) is 0 Å². The van der Waals surface area contributed by atoms with Gasteiger partial charge in [0, 0.05) is 32.6 Å². The number of aromatic hydroxyl groups is 1. The Morgan fingerprint density at radius 3 is 2.35 bits per heavy atom. The minimum absolute atomic E-state index is 0.00363. The van der Waals surface area contributed by atoms with E-state index in [0.717, 1.165) is 5.56 Å². The molecular weight excluding hydrogens is 335 g/mol. The lowest BCUT2D eigenvalue weighted by Crippen LogP contribution is -2.50. The number of rotatable bonds is 4. The summed E-state index contributed by atoms with van der Waals surface area (Å²) in [6.45, 7) is 1.78. The first-order chi connectivity index (χ1) is 12.5. The SMILES string of the molecule is O=C(CCc1cccc(F)c1)N1CCN(C(=O)c2ccccc2O)CC1. The maximum atomic E-state index is 13.2. The molecule has 0 saturated carbocycles. The van der Waals surface area contributed by atoms with Crippen molar-refractivity contribution in [2.75, 3.05) is 26.2 Å². The third kappa shape index (κ3) is 4.20. The second kappa shape index (κ2) is 7.99. The lowest BCUT2D eigenvalue weighted by Gasteiger charge is -2.35. The summed E-state index contributed by atoms with van der Waals surface area (Å²) in [7, 11) is 0. The summed E-state index contributed by atoms with van der Waals surface area (Å²) in [5, 5.41) is 9.81. The van der Waals surface area contributed by atoms with Crippen molar-refractivity contribution in [3.05, 3.63) is 65.5 Å². The smallest absolute Gasteiger partial charge is 0.257 e. The third-order valence-electron chi connectivity index (χ3n) is 4.57. The second-order valence-corrected chi connectivity index (χ2v) is 6.32. The highest BCUT2D eigenvalue weighted by molar-refractivity contribution is 5.97. The Kier molecular flexibility index (Phi) is 5.51. The monoisotopic (exact) mass is 356 g/mol. The predicted octanol–water partition coefficient (Wildman–Crippen LogP) is 2.45. The Labute approximate surface area is 151 Å². The number of halogens is 1. The third-order valence-corrected chi connectivity index (χ3v) is 4.57. The molecule has 0 aromatic heterocycles. The average molecular weight is 356 g/mol. The number of carbonyl (C=O) groups excluding carboxylic acids is 2. The van der Waals surface area contributed by atoms with Crippen LogP contribution in [-0.4, -0.2) is 52.9 Å². The van der Waals surface area contributed by atoms with Crippen LogP contribution in [-0.2, 0) is 11.2 Å². The van der Waals surface area contributed by atoms with Crippen LogP contribution in [0.4, 0.5) is 4.39 Å². The van der Waals surface area contributed by atoms with Crippen LogP contribution in [0, 0.1) is 5.82 Å². The molecule has 1 saturated heterocycles. The minimum Gasteiger partial charge on any atom is -0.507 e. The molecule has 6 heteroatoms. The molecule has 0 bridgehead atoms. The van der Waals surface area contributed by atoms with Crippen LogP contribution in [0.3, 0.4) is 0 Å². The first-order valence-corrected chi connectivity index (χ1v) is 8.64. The van der Waals surface area contributed by atoms with Gasteiger partial charge in [-0.2, -0.15) is 0 Å². The number of benzene rings is 2. The largest absolute Gasteiger partial charge is 0.507 e. The highest BCUT2D eigenvalue weighted by Gasteiger charge is 2.25. The molecule has 1 N–H and O–H groups in total. The Morgan fingerprint density at radius 2 is 1.65 bits per heavy atom. The molecule has 0 radical (unpaired) electrons. The molecular formula is C20H21FN2O3. The summed E-state index contributed by atoms with van der Waals surface area (Å²) in [6, 6.07) is 12.7. The van der Waals surface area contributed by atoms with E-state index in [4.69, 9.17) is 0 Å². The van der Waals surface area contributed by atoms with Crippen molar-refractivity contribution in [1.82, 2.24) is 9.80 Å². The number of amides is 2. The molecule has 26 heavy (non-hydrogen) atoms. The van der Waals surface area contributed by atoms with Crippen molar-refractivity contribution in [3.63, 3.8) is 0 Å². The van der Waals surface area contributed by atoms with Gasteiger partial charge < -0.3 is 14.9 Å². The molecule has 5 nitrogen and oxygen atoms in total. The summed E-state index contributed by atoms with van der Waals surface area (Å²) in [4.78, 5) is 28.2. The molecule has 1 heterocycles. The predicted molar refractivity (Wildman–Crippen MR) is 95.3 cm³/mol. The maximum absolute atomic E-state index is 13.2. The van der Waals surface area contributed by atoms with Gasteiger partial charge in [0.15, 0.2) is 0 Å². The number of phenolic OH excluding ortho intramolecular Hbond substituents is 1. The van der Waals surface area contributed by atoms with Gasteiger partial charge in [0.1, 0.15) is 11.6 Å².